The van der Waals surface area contributed by atoms with Crippen LogP contribution in [0.5, 0.6) is 0 Å². The van der Waals surface area contributed by atoms with Gasteiger partial charge < -0.3 is 10.4 Å². The third-order valence-corrected chi connectivity index (χ3v) is 3.79. The summed E-state index contributed by atoms with van der Waals surface area (Å²) in [5, 5.41) is 13.2. The predicted octanol–water partition coefficient (Wildman–Crippen LogP) is 4.31. The Morgan fingerprint density at radius 1 is 0.962 bits per heavy atom. The fraction of sp³-hybridized carbons (Fsp3) is 0.158. The monoisotopic (exact) mass is 359 g/mol. The van der Waals surface area contributed by atoms with Crippen LogP contribution in [-0.2, 0) is 6.18 Å². The number of halogens is 3. The van der Waals surface area contributed by atoms with Crippen molar-refractivity contribution in [3.05, 3.63) is 78.0 Å². The van der Waals surface area contributed by atoms with E-state index in [1.165, 1.54) is 18.3 Å². The van der Waals surface area contributed by atoms with E-state index in [4.69, 9.17) is 0 Å². The van der Waals surface area contributed by atoms with E-state index in [2.05, 4.69) is 15.3 Å². The van der Waals surface area contributed by atoms with Gasteiger partial charge in [0, 0.05) is 18.3 Å². The van der Waals surface area contributed by atoms with E-state index < -0.39 is 17.8 Å². The number of aliphatic hydroxyl groups is 1. The van der Waals surface area contributed by atoms with Crippen molar-refractivity contribution in [2.75, 3.05) is 11.9 Å². The minimum Gasteiger partial charge on any atom is -0.387 e. The van der Waals surface area contributed by atoms with Gasteiger partial charge in [-0.3, -0.25) is 0 Å². The number of alkyl halides is 3. The van der Waals surface area contributed by atoms with E-state index in [1.807, 2.05) is 30.3 Å². The largest absolute Gasteiger partial charge is 0.416 e. The summed E-state index contributed by atoms with van der Waals surface area (Å²) >= 11 is 0. The number of rotatable bonds is 5. The molecule has 0 saturated heterocycles. The van der Waals surface area contributed by atoms with Crippen molar-refractivity contribution in [3.63, 3.8) is 0 Å². The average Bonchev–Trinajstić information content (AvgIpc) is 2.66. The molecule has 0 bridgehead atoms. The molecule has 1 atom stereocenters. The van der Waals surface area contributed by atoms with E-state index >= 15 is 0 Å². The summed E-state index contributed by atoms with van der Waals surface area (Å²) in [6, 6.07) is 15.5. The number of aromatic nitrogens is 2. The van der Waals surface area contributed by atoms with Crippen LogP contribution in [0, 0.1) is 0 Å². The van der Waals surface area contributed by atoms with E-state index in [0.717, 1.165) is 17.7 Å². The summed E-state index contributed by atoms with van der Waals surface area (Å²) in [6.45, 7) is 0.244. The van der Waals surface area contributed by atoms with Gasteiger partial charge in [-0.25, -0.2) is 9.97 Å². The van der Waals surface area contributed by atoms with Gasteiger partial charge in [0.1, 0.15) is 5.82 Å². The van der Waals surface area contributed by atoms with Gasteiger partial charge in [-0.2, -0.15) is 13.2 Å². The minimum atomic E-state index is -4.38. The third-order valence-electron chi connectivity index (χ3n) is 3.79. The molecule has 3 rings (SSSR count). The number of benzene rings is 2. The number of hydrogen-bond donors (Lipinski definition) is 2. The Balaban J connectivity index is 1.70. The minimum absolute atomic E-state index is 0.244. The molecule has 1 heterocycles. The molecular weight excluding hydrogens is 343 g/mol. The first-order valence-electron chi connectivity index (χ1n) is 7.91. The molecule has 0 radical (unpaired) electrons. The zero-order valence-electron chi connectivity index (χ0n) is 13.6. The van der Waals surface area contributed by atoms with Gasteiger partial charge in [0.25, 0.3) is 0 Å². The zero-order valence-corrected chi connectivity index (χ0v) is 13.6. The average molecular weight is 359 g/mol. The highest BCUT2D eigenvalue weighted by Crippen LogP contribution is 2.30. The molecule has 134 valence electrons. The molecule has 2 N–H and O–H groups in total. The second-order valence-corrected chi connectivity index (χ2v) is 5.65. The number of aliphatic hydroxyl groups excluding tert-OH is 1. The molecule has 0 saturated carbocycles. The molecule has 4 nitrogen and oxygen atoms in total. The molecule has 1 unspecified atom stereocenters. The highest BCUT2D eigenvalue weighted by Gasteiger charge is 2.30. The smallest absolute Gasteiger partial charge is 0.387 e. The molecule has 3 aromatic rings. The Hall–Kier alpha value is -2.93. The summed E-state index contributed by atoms with van der Waals surface area (Å²) in [5.74, 6) is 0.780. The summed E-state index contributed by atoms with van der Waals surface area (Å²) in [6.07, 6.45) is -3.58. The molecule has 7 heteroatoms. The van der Waals surface area contributed by atoms with Crippen LogP contribution in [-0.4, -0.2) is 21.6 Å². The summed E-state index contributed by atoms with van der Waals surface area (Å²) in [4.78, 5) is 8.38. The van der Waals surface area contributed by atoms with Crippen molar-refractivity contribution in [2.24, 2.45) is 0 Å². The lowest BCUT2D eigenvalue weighted by atomic mass is 10.1. The van der Waals surface area contributed by atoms with Crippen LogP contribution in [0.2, 0.25) is 0 Å². The van der Waals surface area contributed by atoms with Crippen molar-refractivity contribution < 1.29 is 18.3 Å². The van der Waals surface area contributed by atoms with Crippen LogP contribution >= 0.6 is 0 Å². The maximum Gasteiger partial charge on any atom is 0.416 e. The molecule has 0 aliphatic rings. The normalized spacial score (nSPS) is 12.6. The summed E-state index contributed by atoms with van der Waals surface area (Å²) in [5.41, 5.74) is 0.531. The first kappa shape index (κ1) is 17.9. The lowest BCUT2D eigenvalue weighted by Crippen LogP contribution is -2.13. The van der Waals surface area contributed by atoms with Gasteiger partial charge in [-0.05, 0) is 23.8 Å². The van der Waals surface area contributed by atoms with Crippen LogP contribution in [0.1, 0.15) is 17.2 Å². The van der Waals surface area contributed by atoms with Crippen LogP contribution in [0.15, 0.2) is 66.9 Å². The van der Waals surface area contributed by atoms with Gasteiger partial charge in [0.05, 0.1) is 11.7 Å². The Morgan fingerprint density at radius 2 is 1.65 bits per heavy atom. The van der Waals surface area contributed by atoms with Gasteiger partial charge in [0.2, 0.25) is 0 Å². The maximum absolute atomic E-state index is 12.6. The molecule has 26 heavy (non-hydrogen) atoms. The number of hydrogen-bond acceptors (Lipinski definition) is 4. The molecule has 0 spiro atoms. The maximum atomic E-state index is 12.6. The number of nitrogens with one attached hydrogen (secondary N) is 1. The fourth-order valence-corrected chi connectivity index (χ4v) is 2.40. The molecule has 0 amide bonds. The molecule has 0 fully saturated rings. The van der Waals surface area contributed by atoms with E-state index in [0.29, 0.717) is 17.2 Å². The lowest BCUT2D eigenvalue weighted by Gasteiger charge is -2.13. The van der Waals surface area contributed by atoms with E-state index in [-0.39, 0.29) is 6.54 Å². The van der Waals surface area contributed by atoms with Gasteiger partial charge in [-0.1, -0.05) is 42.5 Å². The second kappa shape index (κ2) is 7.53. The second-order valence-electron chi connectivity index (χ2n) is 5.65. The van der Waals surface area contributed by atoms with Gasteiger partial charge in [0.15, 0.2) is 5.82 Å². The molecule has 2 aromatic carbocycles. The fourth-order valence-electron chi connectivity index (χ4n) is 2.40. The quantitative estimate of drug-likeness (QED) is 0.713. The Labute approximate surface area is 148 Å². The Kier molecular flexibility index (Phi) is 5.18. The zero-order chi connectivity index (χ0) is 18.6. The van der Waals surface area contributed by atoms with Crippen LogP contribution in [0.25, 0.3) is 11.4 Å². The van der Waals surface area contributed by atoms with E-state index in [9.17, 15) is 18.3 Å². The topological polar surface area (TPSA) is 58.0 Å². The van der Waals surface area contributed by atoms with Gasteiger partial charge >= 0.3 is 6.18 Å². The van der Waals surface area contributed by atoms with Crippen molar-refractivity contribution in [2.45, 2.75) is 12.3 Å². The first-order chi connectivity index (χ1) is 12.4. The van der Waals surface area contributed by atoms with Crippen LogP contribution < -0.4 is 5.32 Å². The molecule has 0 aliphatic carbocycles. The Bertz CT molecular complexity index is 852. The molecule has 1 aromatic heterocycles. The SMILES string of the molecule is OC(CNc1ccnc(-c2ccc(C(F)(F)F)cc2)n1)c1ccccc1. The van der Waals surface area contributed by atoms with Gasteiger partial charge in [-0.15, -0.1) is 0 Å². The van der Waals surface area contributed by atoms with Crippen molar-refractivity contribution in [1.29, 1.82) is 0 Å². The molecular formula is C19H16F3N3O. The highest BCUT2D eigenvalue weighted by atomic mass is 19.4. The first-order valence-corrected chi connectivity index (χ1v) is 7.91. The van der Waals surface area contributed by atoms with Crippen molar-refractivity contribution in [1.82, 2.24) is 9.97 Å². The van der Waals surface area contributed by atoms with E-state index in [1.54, 1.807) is 6.07 Å². The van der Waals surface area contributed by atoms with Crippen molar-refractivity contribution >= 4 is 5.82 Å². The van der Waals surface area contributed by atoms with Crippen LogP contribution in [0.4, 0.5) is 19.0 Å². The standard InChI is InChI=1S/C19H16F3N3O/c20-19(21,22)15-8-6-14(7-9-15)18-23-11-10-17(25-18)24-12-16(26)13-4-2-1-3-5-13/h1-11,16,26H,12H2,(H,23,24,25). The predicted molar refractivity (Wildman–Crippen MR) is 92.4 cm³/mol. The van der Waals surface area contributed by atoms with Crippen molar-refractivity contribution in [3.8, 4) is 11.4 Å². The molecule has 0 aliphatic heterocycles. The van der Waals surface area contributed by atoms with Crippen LogP contribution in [0.3, 0.4) is 0 Å². The number of nitrogens with zero attached hydrogens (tertiary/aromatic N) is 2. The highest BCUT2D eigenvalue weighted by molar-refractivity contribution is 5.57. The lowest BCUT2D eigenvalue weighted by molar-refractivity contribution is -0.137. The number of anilines is 1. The summed E-state index contributed by atoms with van der Waals surface area (Å²) in [7, 11) is 0. The third kappa shape index (κ3) is 4.37. The summed E-state index contributed by atoms with van der Waals surface area (Å²) < 4.78 is 37.9. The Morgan fingerprint density at radius 3 is 2.31 bits per heavy atom.